The molecule has 1 aromatic heterocycles. The van der Waals surface area contributed by atoms with Gasteiger partial charge in [0.1, 0.15) is 5.75 Å². The van der Waals surface area contributed by atoms with E-state index in [2.05, 4.69) is 29.0 Å². The van der Waals surface area contributed by atoms with Crippen molar-refractivity contribution in [2.75, 3.05) is 25.5 Å². The molecule has 7 heteroatoms. The van der Waals surface area contributed by atoms with Crippen LogP contribution in [-0.4, -0.2) is 48.2 Å². The molecule has 1 fully saturated rings. The molecule has 25 heavy (non-hydrogen) atoms. The van der Waals surface area contributed by atoms with Gasteiger partial charge >= 0.3 is 0 Å². The second kappa shape index (κ2) is 7.95. The second-order valence-electron chi connectivity index (χ2n) is 6.28. The number of ether oxygens (including phenoxy) is 2. The van der Waals surface area contributed by atoms with Crippen LogP contribution in [0.2, 0.25) is 0 Å². The van der Waals surface area contributed by atoms with Crippen LogP contribution in [0, 0.1) is 0 Å². The number of aromatic nitrogens is 1. The maximum absolute atomic E-state index is 12.3. The Morgan fingerprint density at radius 3 is 2.64 bits per heavy atom. The number of anilines is 1. The average Bonchev–Trinajstić information content (AvgIpc) is 3.00. The summed E-state index contributed by atoms with van der Waals surface area (Å²) in [5.74, 6) is 0.555. The number of thiazole rings is 1. The van der Waals surface area contributed by atoms with Gasteiger partial charge in [0.25, 0.3) is 5.91 Å². The number of morpholine rings is 1. The highest BCUT2D eigenvalue weighted by molar-refractivity contribution is 7.13. The fourth-order valence-electron chi connectivity index (χ4n) is 2.99. The quantitative estimate of drug-likeness (QED) is 0.887. The van der Waals surface area contributed by atoms with Crippen molar-refractivity contribution < 1.29 is 14.3 Å². The number of hydrogen-bond donors (Lipinski definition) is 1. The van der Waals surface area contributed by atoms with E-state index in [4.69, 9.17) is 9.47 Å². The van der Waals surface area contributed by atoms with Crippen molar-refractivity contribution in [1.29, 1.82) is 0 Å². The van der Waals surface area contributed by atoms with Crippen molar-refractivity contribution in [3.8, 4) is 5.75 Å². The third-order valence-corrected chi connectivity index (χ3v) is 4.81. The number of methoxy groups -OCH3 is 1. The Balaban J connectivity index is 1.58. The Morgan fingerprint density at radius 1 is 1.32 bits per heavy atom. The van der Waals surface area contributed by atoms with E-state index in [1.165, 1.54) is 11.3 Å². The standard InChI is InChI=1S/C18H23N3O3S/c1-12-8-21(9-13(2)24-12)10-15-11-25-18(19-15)20-17(22)14-4-6-16(23-3)7-5-14/h4-7,11-13H,8-10H2,1-3H3,(H,19,20,22)/t12-,13-/m1/s1. The topological polar surface area (TPSA) is 63.7 Å². The lowest BCUT2D eigenvalue weighted by atomic mass is 10.2. The maximum Gasteiger partial charge on any atom is 0.257 e. The van der Waals surface area contributed by atoms with E-state index >= 15 is 0 Å². The number of hydrogen-bond acceptors (Lipinski definition) is 6. The lowest BCUT2D eigenvalue weighted by Gasteiger charge is -2.34. The second-order valence-corrected chi connectivity index (χ2v) is 7.14. The molecule has 1 saturated heterocycles. The molecule has 1 N–H and O–H groups in total. The first-order valence-corrected chi connectivity index (χ1v) is 9.19. The number of carbonyl (C=O) groups is 1. The van der Waals surface area contributed by atoms with Gasteiger partial charge in [-0.25, -0.2) is 4.98 Å². The zero-order valence-electron chi connectivity index (χ0n) is 14.7. The van der Waals surface area contributed by atoms with Crippen LogP contribution in [0.1, 0.15) is 29.9 Å². The number of nitrogens with zero attached hydrogens (tertiary/aromatic N) is 2. The minimum Gasteiger partial charge on any atom is -0.497 e. The molecule has 1 aliphatic heterocycles. The summed E-state index contributed by atoms with van der Waals surface area (Å²) in [5.41, 5.74) is 1.55. The van der Waals surface area contributed by atoms with E-state index in [-0.39, 0.29) is 18.1 Å². The molecule has 0 aliphatic carbocycles. The van der Waals surface area contributed by atoms with Gasteiger partial charge in [-0.15, -0.1) is 11.3 Å². The van der Waals surface area contributed by atoms with Crippen LogP contribution < -0.4 is 10.1 Å². The molecule has 1 amide bonds. The number of benzene rings is 1. The monoisotopic (exact) mass is 361 g/mol. The van der Waals surface area contributed by atoms with Crippen LogP contribution in [0.25, 0.3) is 0 Å². The van der Waals surface area contributed by atoms with Gasteiger partial charge in [0, 0.05) is 30.6 Å². The van der Waals surface area contributed by atoms with Gasteiger partial charge in [0.2, 0.25) is 0 Å². The fourth-order valence-corrected chi connectivity index (χ4v) is 3.69. The summed E-state index contributed by atoms with van der Waals surface area (Å²) < 4.78 is 10.9. The molecule has 0 unspecified atom stereocenters. The van der Waals surface area contributed by atoms with Crippen LogP contribution in [-0.2, 0) is 11.3 Å². The number of nitrogens with one attached hydrogen (secondary N) is 1. The Morgan fingerprint density at radius 2 is 2.00 bits per heavy atom. The molecule has 0 bridgehead atoms. The van der Waals surface area contributed by atoms with Crippen LogP contribution in [0.4, 0.5) is 5.13 Å². The predicted molar refractivity (Wildman–Crippen MR) is 98.3 cm³/mol. The summed E-state index contributed by atoms with van der Waals surface area (Å²) in [7, 11) is 1.60. The Bertz CT molecular complexity index is 707. The van der Waals surface area contributed by atoms with Gasteiger partial charge in [0.15, 0.2) is 5.13 Å². The summed E-state index contributed by atoms with van der Waals surface area (Å²) in [6, 6.07) is 7.00. The molecule has 0 radical (unpaired) electrons. The van der Waals surface area contributed by atoms with Crippen molar-refractivity contribution in [3.05, 3.63) is 40.9 Å². The van der Waals surface area contributed by atoms with E-state index in [1.54, 1.807) is 31.4 Å². The third-order valence-electron chi connectivity index (χ3n) is 4.01. The molecule has 2 heterocycles. The van der Waals surface area contributed by atoms with Crippen molar-refractivity contribution in [1.82, 2.24) is 9.88 Å². The Labute approximate surface area is 151 Å². The zero-order chi connectivity index (χ0) is 17.8. The zero-order valence-corrected chi connectivity index (χ0v) is 15.5. The summed E-state index contributed by atoms with van der Waals surface area (Å²) in [4.78, 5) is 19.2. The minimum atomic E-state index is -0.169. The largest absolute Gasteiger partial charge is 0.497 e. The molecule has 0 saturated carbocycles. The average molecular weight is 361 g/mol. The highest BCUT2D eigenvalue weighted by Crippen LogP contribution is 2.20. The van der Waals surface area contributed by atoms with Crippen molar-refractivity contribution in [2.45, 2.75) is 32.6 Å². The number of carbonyl (C=O) groups excluding carboxylic acids is 1. The molecule has 0 spiro atoms. The van der Waals surface area contributed by atoms with Crippen LogP contribution >= 0.6 is 11.3 Å². The smallest absolute Gasteiger partial charge is 0.257 e. The first-order chi connectivity index (χ1) is 12.0. The van der Waals surface area contributed by atoms with Crippen LogP contribution in [0.15, 0.2) is 29.6 Å². The normalized spacial score (nSPS) is 21.1. The van der Waals surface area contributed by atoms with E-state index in [0.29, 0.717) is 10.7 Å². The fraction of sp³-hybridized carbons (Fsp3) is 0.444. The van der Waals surface area contributed by atoms with Gasteiger partial charge < -0.3 is 9.47 Å². The van der Waals surface area contributed by atoms with Gasteiger partial charge in [-0.05, 0) is 38.1 Å². The summed E-state index contributed by atoms with van der Waals surface area (Å²) in [6.45, 7) is 6.74. The molecule has 2 atom stereocenters. The van der Waals surface area contributed by atoms with Crippen LogP contribution in [0.3, 0.4) is 0 Å². The third kappa shape index (κ3) is 4.78. The highest BCUT2D eigenvalue weighted by atomic mass is 32.1. The lowest BCUT2D eigenvalue weighted by Crippen LogP contribution is -2.44. The first-order valence-electron chi connectivity index (χ1n) is 8.31. The summed E-state index contributed by atoms with van der Waals surface area (Å²) in [6.07, 6.45) is 0.466. The minimum absolute atomic E-state index is 0.169. The molecular formula is C18H23N3O3S. The summed E-state index contributed by atoms with van der Waals surface area (Å²) in [5, 5.41) is 5.47. The van der Waals surface area contributed by atoms with Crippen LogP contribution in [0.5, 0.6) is 5.75 Å². The number of amides is 1. The van der Waals surface area contributed by atoms with E-state index < -0.39 is 0 Å². The first kappa shape index (κ1) is 17.8. The molecule has 3 rings (SSSR count). The summed E-state index contributed by atoms with van der Waals surface area (Å²) >= 11 is 1.44. The van der Waals surface area contributed by atoms with Crippen molar-refractivity contribution in [2.24, 2.45) is 0 Å². The van der Waals surface area contributed by atoms with Crippen molar-refractivity contribution in [3.63, 3.8) is 0 Å². The van der Waals surface area contributed by atoms with E-state index in [0.717, 1.165) is 31.1 Å². The molecule has 1 aliphatic rings. The van der Waals surface area contributed by atoms with Crippen molar-refractivity contribution >= 4 is 22.4 Å². The predicted octanol–water partition coefficient (Wildman–Crippen LogP) is 3.01. The van der Waals surface area contributed by atoms with E-state index in [1.807, 2.05) is 5.38 Å². The SMILES string of the molecule is COc1ccc(C(=O)Nc2nc(CN3C[C@@H](C)O[C@H](C)C3)cs2)cc1. The van der Waals surface area contributed by atoms with E-state index in [9.17, 15) is 4.79 Å². The molecular weight excluding hydrogens is 338 g/mol. The van der Waals surface area contributed by atoms with Gasteiger partial charge in [-0.2, -0.15) is 0 Å². The molecule has 2 aromatic rings. The van der Waals surface area contributed by atoms with Gasteiger partial charge in [-0.3, -0.25) is 15.0 Å². The van der Waals surface area contributed by atoms with Gasteiger partial charge in [0.05, 0.1) is 25.0 Å². The Kier molecular flexibility index (Phi) is 5.67. The Hall–Kier alpha value is -1.96. The number of rotatable bonds is 5. The lowest BCUT2D eigenvalue weighted by molar-refractivity contribution is -0.0707. The molecule has 1 aromatic carbocycles. The molecule has 134 valence electrons. The molecule has 6 nitrogen and oxygen atoms in total. The maximum atomic E-state index is 12.3. The highest BCUT2D eigenvalue weighted by Gasteiger charge is 2.22. The van der Waals surface area contributed by atoms with Gasteiger partial charge in [-0.1, -0.05) is 0 Å².